The van der Waals surface area contributed by atoms with E-state index in [0.717, 1.165) is 49.3 Å². The molecule has 1 aliphatic rings. The molecule has 1 amide bonds. The van der Waals surface area contributed by atoms with Crippen molar-refractivity contribution in [3.63, 3.8) is 0 Å². The summed E-state index contributed by atoms with van der Waals surface area (Å²) in [6, 6.07) is 8.35. The lowest BCUT2D eigenvalue weighted by atomic mass is 10.0. The van der Waals surface area contributed by atoms with Crippen LogP contribution in [-0.2, 0) is 13.1 Å². The van der Waals surface area contributed by atoms with Gasteiger partial charge in [0.25, 0.3) is 5.91 Å². The minimum absolute atomic E-state index is 0.0308. The first-order valence-corrected chi connectivity index (χ1v) is 11.2. The summed E-state index contributed by atoms with van der Waals surface area (Å²) in [4.78, 5) is 19.7. The molecule has 4 rings (SSSR count). The molecule has 0 atom stereocenters. The summed E-state index contributed by atoms with van der Waals surface area (Å²) < 4.78 is 2.32. The molecule has 1 aliphatic heterocycles. The van der Waals surface area contributed by atoms with E-state index in [0.29, 0.717) is 12.2 Å². The molecular formula is C25H33N5O. The van der Waals surface area contributed by atoms with Crippen molar-refractivity contribution in [1.82, 2.24) is 19.8 Å². The Morgan fingerprint density at radius 1 is 1.13 bits per heavy atom. The van der Waals surface area contributed by atoms with Crippen LogP contribution in [0.4, 0.5) is 5.82 Å². The number of pyridine rings is 1. The standard InChI is InChI=1S/C25H33N5O/c1-16-8-6-9-17(2)21(16)15-27-24-23-20(18(3)19(4)30(23)13-10-26-5)14-22(28-24)25(31)29-11-7-12-29/h6,8-9,14,26H,7,10-13,15H2,1-5H3,(H,27,28). The maximum atomic E-state index is 13.0. The Kier molecular flexibility index (Phi) is 6.01. The van der Waals surface area contributed by atoms with Crippen LogP contribution in [0.25, 0.3) is 10.9 Å². The number of likely N-dealkylation sites (tertiary alicyclic amines) is 1. The van der Waals surface area contributed by atoms with Gasteiger partial charge in [0, 0.05) is 43.8 Å². The molecule has 1 saturated heterocycles. The van der Waals surface area contributed by atoms with E-state index in [9.17, 15) is 4.79 Å². The summed E-state index contributed by atoms with van der Waals surface area (Å²) >= 11 is 0. The molecule has 0 radical (unpaired) electrons. The third kappa shape index (κ3) is 3.92. The van der Waals surface area contributed by atoms with Crippen LogP contribution in [0.15, 0.2) is 24.3 Å². The average Bonchev–Trinajstić information content (AvgIpc) is 2.95. The van der Waals surface area contributed by atoms with Crippen molar-refractivity contribution >= 4 is 22.6 Å². The van der Waals surface area contributed by atoms with Crippen molar-refractivity contribution in [3.8, 4) is 0 Å². The van der Waals surface area contributed by atoms with Gasteiger partial charge in [-0.2, -0.15) is 0 Å². The van der Waals surface area contributed by atoms with Crippen molar-refractivity contribution in [2.24, 2.45) is 0 Å². The van der Waals surface area contributed by atoms with Gasteiger partial charge in [-0.25, -0.2) is 4.98 Å². The Morgan fingerprint density at radius 2 is 1.84 bits per heavy atom. The lowest BCUT2D eigenvalue weighted by molar-refractivity contribution is 0.0646. The highest BCUT2D eigenvalue weighted by Crippen LogP contribution is 2.32. The Balaban J connectivity index is 1.81. The second-order valence-corrected chi connectivity index (χ2v) is 8.59. The van der Waals surface area contributed by atoms with E-state index in [1.807, 2.05) is 18.0 Å². The van der Waals surface area contributed by atoms with Gasteiger partial charge in [-0.15, -0.1) is 0 Å². The van der Waals surface area contributed by atoms with Crippen LogP contribution in [0.5, 0.6) is 0 Å². The first-order valence-electron chi connectivity index (χ1n) is 11.2. The molecule has 6 heteroatoms. The zero-order chi connectivity index (χ0) is 22.1. The van der Waals surface area contributed by atoms with Gasteiger partial charge < -0.3 is 20.1 Å². The van der Waals surface area contributed by atoms with Gasteiger partial charge in [-0.1, -0.05) is 18.2 Å². The minimum Gasteiger partial charge on any atom is -0.364 e. The molecule has 2 aromatic heterocycles. The normalized spacial score (nSPS) is 13.5. The van der Waals surface area contributed by atoms with Crippen molar-refractivity contribution in [3.05, 3.63) is 57.9 Å². The molecular weight excluding hydrogens is 386 g/mol. The number of anilines is 1. The molecule has 0 aliphatic carbocycles. The number of fused-ring (bicyclic) bond motifs is 1. The zero-order valence-corrected chi connectivity index (χ0v) is 19.3. The van der Waals surface area contributed by atoms with Crippen LogP contribution in [0.1, 0.15) is 44.9 Å². The lowest BCUT2D eigenvalue weighted by Crippen LogP contribution is -2.42. The number of carbonyl (C=O) groups is 1. The van der Waals surface area contributed by atoms with Crippen LogP contribution >= 0.6 is 0 Å². The highest BCUT2D eigenvalue weighted by atomic mass is 16.2. The van der Waals surface area contributed by atoms with E-state index in [4.69, 9.17) is 4.98 Å². The van der Waals surface area contributed by atoms with Crippen molar-refractivity contribution in [1.29, 1.82) is 0 Å². The van der Waals surface area contributed by atoms with Gasteiger partial charge >= 0.3 is 0 Å². The number of hydrogen-bond acceptors (Lipinski definition) is 4. The zero-order valence-electron chi connectivity index (χ0n) is 19.3. The van der Waals surface area contributed by atoms with E-state index in [1.165, 1.54) is 27.9 Å². The fraction of sp³-hybridized carbons (Fsp3) is 0.440. The first-order chi connectivity index (χ1) is 14.9. The molecule has 31 heavy (non-hydrogen) atoms. The van der Waals surface area contributed by atoms with E-state index in [1.54, 1.807) is 0 Å². The van der Waals surface area contributed by atoms with Crippen LogP contribution in [-0.4, -0.2) is 47.0 Å². The maximum absolute atomic E-state index is 13.0. The third-order valence-corrected chi connectivity index (χ3v) is 6.64. The smallest absolute Gasteiger partial charge is 0.272 e. The fourth-order valence-corrected chi connectivity index (χ4v) is 4.38. The van der Waals surface area contributed by atoms with Crippen LogP contribution in [0.2, 0.25) is 0 Å². The van der Waals surface area contributed by atoms with Gasteiger partial charge in [0.2, 0.25) is 0 Å². The number of aryl methyl sites for hydroxylation is 3. The fourth-order valence-electron chi connectivity index (χ4n) is 4.38. The first kappa shape index (κ1) is 21.4. The van der Waals surface area contributed by atoms with E-state index in [2.05, 4.69) is 61.1 Å². The number of benzene rings is 1. The van der Waals surface area contributed by atoms with Gasteiger partial charge in [-0.05, 0) is 69.5 Å². The Hall–Kier alpha value is -2.86. The van der Waals surface area contributed by atoms with E-state index in [-0.39, 0.29) is 5.91 Å². The molecule has 164 valence electrons. The molecule has 2 N–H and O–H groups in total. The predicted octanol–water partition coefficient (Wildman–Crippen LogP) is 3.95. The van der Waals surface area contributed by atoms with Crippen LogP contribution in [0, 0.1) is 27.7 Å². The predicted molar refractivity (Wildman–Crippen MR) is 127 cm³/mol. The summed E-state index contributed by atoms with van der Waals surface area (Å²) in [7, 11) is 1.97. The molecule has 3 heterocycles. The number of amides is 1. The summed E-state index contributed by atoms with van der Waals surface area (Å²) in [5, 5.41) is 7.94. The minimum atomic E-state index is 0.0308. The number of aromatic nitrogens is 2. The monoisotopic (exact) mass is 419 g/mol. The summed E-state index contributed by atoms with van der Waals surface area (Å²) in [6.07, 6.45) is 1.07. The molecule has 1 fully saturated rings. The van der Waals surface area contributed by atoms with E-state index < -0.39 is 0 Å². The molecule has 1 aromatic carbocycles. The molecule has 0 bridgehead atoms. The summed E-state index contributed by atoms with van der Waals surface area (Å²) in [5.41, 5.74) is 7.83. The molecule has 3 aromatic rings. The molecule has 0 unspecified atom stereocenters. The summed E-state index contributed by atoms with van der Waals surface area (Å²) in [6.45, 7) is 12.6. The number of nitrogens with one attached hydrogen (secondary N) is 2. The van der Waals surface area contributed by atoms with Gasteiger partial charge in [0.1, 0.15) is 5.69 Å². The van der Waals surface area contributed by atoms with Crippen molar-refractivity contribution in [2.45, 2.75) is 47.2 Å². The highest BCUT2D eigenvalue weighted by Gasteiger charge is 2.25. The van der Waals surface area contributed by atoms with Crippen LogP contribution < -0.4 is 10.6 Å². The Labute approximate surface area is 184 Å². The second kappa shape index (κ2) is 8.71. The Morgan fingerprint density at radius 3 is 2.45 bits per heavy atom. The van der Waals surface area contributed by atoms with Crippen LogP contribution in [0.3, 0.4) is 0 Å². The Bertz CT molecular complexity index is 1110. The maximum Gasteiger partial charge on any atom is 0.272 e. The topological polar surface area (TPSA) is 62.2 Å². The SMILES string of the molecule is CNCCn1c(C)c(C)c2cc(C(=O)N3CCC3)nc(NCc3c(C)cccc3C)c21. The largest absolute Gasteiger partial charge is 0.364 e. The average molecular weight is 420 g/mol. The summed E-state index contributed by atoms with van der Waals surface area (Å²) in [5.74, 6) is 0.819. The number of carbonyl (C=O) groups excluding carboxylic acids is 1. The molecule has 0 spiro atoms. The van der Waals surface area contributed by atoms with Gasteiger partial charge in [0.15, 0.2) is 5.82 Å². The number of hydrogen-bond donors (Lipinski definition) is 2. The highest BCUT2D eigenvalue weighted by molar-refractivity contribution is 6.01. The number of nitrogens with zero attached hydrogens (tertiary/aromatic N) is 3. The molecule has 0 saturated carbocycles. The number of likely N-dealkylation sites (N-methyl/N-ethyl adjacent to an activating group) is 1. The number of rotatable bonds is 7. The third-order valence-electron chi connectivity index (χ3n) is 6.64. The van der Waals surface area contributed by atoms with E-state index >= 15 is 0 Å². The molecule has 6 nitrogen and oxygen atoms in total. The second-order valence-electron chi connectivity index (χ2n) is 8.59. The quantitative estimate of drug-likeness (QED) is 0.609. The van der Waals surface area contributed by atoms with Gasteiger partial charge in [0.05, 0.1) is 5.52 Å². The van der Waals surface area contributed by atoms with Gasteiger partial charge in [-0.3, -0.25) is 4.79 Å². The van der Waals surface area contributed by atoms with Crippen molar-refractivity contribution < 1.29 is 4.79 Å². The van der Waals surface area contributed by atoms with Crippen molar-refractivity contribution in [2.75, 3.05) is 32.0 Å². The lowest BCUT2D eigenvalue weighted by Gasteiger charge is -2.30.